The van der Waals surface area contributed by atoms with E-state index in [1.807, 2.05) is 0 Å². The van der Waals surface area contributed by atoms with E-state index >= 15 is 0 Å². The lowest BCUT2D eigenvalue weighted by Gasteiger charge is -2.20. The van der Waals surface area contributed by atoms with Crippen molar-refractivity contribution >= 4 is 17.9 Å². The summed E-state index contributed by atoms with van der Waals surface area (Å²) in [6, 6.07) is 1.30. The second kappa shape index (κ2) is 4.42. The van der Waals surface area contributed by atoms with Gasteiger partial charge in [-0.3, -0.25) is 9.59 Å². The van der Waals surface area contributed by atoms with Gasteiger partial charge in [-0.05, 0) is 12.5 Å². The zero-order valence-electron chi connectivity index (χ0n) is 10.1. The zero-order valence-corrected chi connectivity index (χ0v) is 10.1. The summed E-state index contributed by atoms with van der Waals surface area (Å²) in [6.07, 6.45) is 2.77. The van der Waals surface area contributed by atoms with E-state index in [2.05, 4.69) is 4.74 Å². The first-order valence-electron chi connectivity index (χ1n) is 5.97. The van der Waals surface area contributed by atoms with Gasteiger partial charge in [-0.25, -0.2) is 9.69 Å². The quantitative estimate of drug-likeness (QED) is 0.775. The highest BCUT2D eigenvalue weighted by Gasteiger charge is 2.41. The molecule has 2 aliphatic heterocycles. The monoisotopic (exact) mass is 264 g/mol. The summed E-state index contributed by atoms with van der Waals surface area (Å²) in [7, 11) is 0. The Balaban J connectivity index is 1.69. The van der Waals surface area contributed by atoms with Gasteiger partial charge in [0.1, 0.15) is 6.26 Å². The Hall–Kier alpha value is -2.31. The Morgan fingerprint density at radius 1 is 1.37 bits per heavy atom. The van der Waals surface area contributed by atoms with Crippen molar-refractivity contribution in [3.05, 3.63) is 24.2 Å². The number of hydrogen-bond acceptors (Lipinski definition) is 5. The summed E-state index contributed by atoms with van der Waals surface area (Å²) in [5, 5.41) is 0. The van der Waals surface area contributed by atoms with Crippen molar-refractivity contribution in [2.45, 2.75) is 12.5 Å². The number of furan rings is 1. The van der Waals surface area contributed by atoms with Crippen LogP contribution in [-0.2, 0) is 9.53 Å². The number of nitrogens with zero attached hydrogens (tertiary/aromatic N) is 2. The predicted octanol–water partition coefficient (Wildman–Crippen LogP) is 0.473. The van der Waals surface area contributed by atoms with E-state index in [0.29, 0.717) is 25.1 Å². The molecule has 0 bridgehead atoms. The van der Waals surface area contributed by atoms with Gasteiger partial charge in [0.15, 0.2) is 6.61 Å². The van der Waals surface area contributed by atoms with Crippen LogP contribution in [0.4, 0.5) is 4.79 Å². The maximum absolute atomic E-state index is 12.1. The van der Waals surface area contributed by atoms with Crippen LogP contribution in [0.25, 0.3) is 0 Å². The number of carbonyl (C=O) groups is 3. The lowest BCUT2D eigenvalue weighted by Crippen LogP contribution is -2.41. The normalized spacial score (nSPS) is 23.1. The average Bonchev–Trinajstić information content (AvgIpc) is 3.10. The summed E-state index contributed by atoms with van der Waals surface area (Å²) < 4.78 is 9.55. The summed E-state index contributed by atoms with van der Waals surface area (Å²) >= 11 is 0. The second-order valence-electron chi connectivity index (χ2n) is 4.52. The molecule has 0 unspecified atom stereocenters. The Morgan fingerprint density at radius 3 is 2.84 bits per heavy atom. The fourth-order valence-electron chi connectivity index (χ4n) is 2.42. The molecular weight excluding hydrogens is 252 g/mol. The maximum Gasteiger partial charge on any atom is 0.417 e. The van der Waals surface area contributed by atoms with E-state index in [-0.39, 0.29) is 24.5 Å². The number of imide groups is 1. The number of carbonyl (C=O) groups excluding carboxylic acids is 3. The largest absolute Gasteiger partial charge is 0.472 e. The van der Waals surface area contributed by atoms with E-state index in [9.17, 15) is 14.4 Å². The van der Waals surface area contributed by atoms with Crippen molar-refractivity contribution in [3.8, 4) is 0 Å². The van der Waals surface area contributed by atoms with Crippen molar-refractivity contribution in [1.82, 2.24) is 9.80 Å². The molecule has 0 spiro atoms. The minimum atomic E-state index is -0.618. The van der Waals surface area contributed by atoms with Gasteiger partial charge in [-0.2, -0.15) is 0 Å². The number of rotatable bonds is 2. The van der Waals surface area contributed by atoms with Gasteiger partial charge in [0.2, 0.25) is 0 Å². The molecule has 2 saturated heterocycles. The lowest BCUT2D eigenvalue weighted by molar-refractivity contribution is -0.127. The molecule has 3 amide bonds. The van der Waals surface area contributed by atoms with Crippen molar-refractivity contribution in [3.63, 3.8) is 0 Å². The summed E-state index contributed by atoms with van der Waals surface area (Å²) in [5.41, 5.74) is 0.468. The minimum absolute atomic E-state index is 0.156. The van der Waals surface area contributed by atoms with Crippen LogP contribution >= 0.6 is 0 Å². The van der Waals surface area contributed by atoms with Gasteiger partial charge in [0.25, 0.3) is 11.8 Å². The van der Waals surface area contributed by atoms with Gasteiger partial charge in [0, 0.05) is 13.1 Å². The molecule has 0 radical (unpaired) electrons. The van der Waals surface area contributed by atoms with E-state index in [4.69, 9.17) is 4.42 Å². The highest BCUT2D eigenvalue weighted by molar-refractivity contribution is 5.98. The molecule has 7 nitrogen and oxygen atoms in total. The molecule has 19 heavy (non-hydrogen) atoms. The molecule has 2 fully saturated rings. The number of ether oxygens (including phenoxy) is 1. The zero-order chi connectivity index (χ0) is 13.4. The van der Waals surface area contributed by atoms with E-state index in [0.717, 1.165) is 4.90 Å². The van der Waals surface area contributed by atoms with Crippen LogP contribution in [0.2, 0.25) is 0 Å². The fourth-order valence-corrected chi connectivity index (χ4v) is 2.42. The number of cyclic esters (lactones) is 1. The van der Waals surface area contributed by atoms with Gasteiger partial charge in [0.05, 0.1) is 17.9 Å². The van der Waals surface area contributed by atoms with Crippen LogP contribution in [0, 0.1) is 0 Å². The third kappa shape index (κ3) is 1.96. The molecule has 7 heteroatoms. The average molecular weight is 264 g/mol. The Morgan fingerprint density at radius 2 is 2.21 bits per heavy atom. The molecular formula is C12H12N2O5. The van der Waals surface area contributed by atoms with E-state index in [1.165, 1.54) is 12.5 Å². The predicted molar refractivity (Wildman–Crippen MR) is 61.2 cm³/mol. The molecule has 100 valence electrons. The molecule has 1 aromatic rings. The smallest absolute Gasteiger partial charge is 0.417 e. The van der Waals surface area contributed by atoms with Crippen molar-refractivity contribution in [2.75, 3.05) is 19.7 Å². The Labute approximate surface area is 108 Å². The first-order chi connectivity index (χ1) is 9.16. The van der Waals surface area contributed by atoms with Crippen molar-refractivity contribution in [2.24, 2.45) is 0 Å². The molecule has 3 rings (SSSR count). The summed E-state index contributed by atoms with van der Waals surface area (Å²) in [6.45, 7) is 0.640. The molecule has 0 N–H and O–H groups in total. The molecule has 0 saturated carbocycles. The lowest BCUT2D eigenvalue weighted by atomic mass is 10.2. The molecule has 0 aliphatic carbocycles. The standard InChI is InChI=1S/C12H12N2O5/c15-10-7-19-12(17)14(10)9-1-3-13(5-9)11(16)8-2-4-18-6-8/h2,4,6,9H,1,3,5,7H2/t9-/m1/s1. The van der Waals surface area contributed by atoms with Crippen LogP contribution in [0.5, 0.6) is 0 Å². The Bertz CT molecular complexity index is 508. The summed E-state index contributed by atoms with van der Waals surface area (Å²) in [4.78, 5) is 37.8. The van der Waals surface area contributed by atoms with Crippen LogP contribution in [0.3, 0.4) is 0 Å². The first kappa shape index (κ1) is 11.8. The molecule has 1 atom stereocenters. The topological polar surface area (TPSA) is 80.1 Å². The highest BCUT2D eigenvalue weighted by Crippen LogP contribution is 2.21. The number of amides is 3. The van der Waals surface area contributed by atoms with Gasteiger partial charge in [-0.1, -0.05) is 0 Å². The van der Waals surface area contributed by atoms with Crippen LogP contribution in [0.1, 0.15) is 16.8 Å². The Kier molecular flexibility index (Phi) is 2.73. The van der Waals surface area contributed by atoms with E-state index < -0.39 is 6.09 Å². The third-order valence-corrected chi connectivity index (χ3v) is 3.37. The molecule has 2 aliphatic rings. The SMILES string of the molecule is O=C(c1ccoc1)N1CC[C@@H](N2C(=O)COC2=O)C1. The van der Waals surface area contributed by atoms with Crippen LogP contribution < -0.4 is 0 Å². The van der Waals surface area contributed by atoms with Gasteiger partial charge >= 0.3 is 6.09 Å². The van der Waals surface area contributed by atoms with Crippen LogP contribution in [0.15, 0.2) is 23.0 Å². The maximum atomic E-state index is 12.1. The third-order valence-electron chi connectivity index (χ3n) is 3.37. The van der Waals surface area contributed by atoms with Gasteiger partial charge < -0.3 is 14.1 Å². The van der Waals surface area contributed by atoms with Crippen molar-refractivity contribution in [1.29, 1.82) is 0 Å². The van der Waals surface area contributed by atoms with Gasteiger partial charge in [-0.15, -0.1) is 0 Å². The molecule has 1 aromatic heterocycles. The number of likely N-dealkylation sites (tertiary alicyclic amines) is 1. The fraction of sp³-hybridized carbons (Fsp3) is 0.417. The number of hydrogen-bond donors (Lipinski definition) is 0. The molecule has 0 aromatic carbocycles. The van der Waals surface area contributed by atoms with Crippen molar-refractivity contribution < 1.29 is 23.5 Å². The van der Waals surface area contributed by atoms with E-state index in [1.54, 1.807) is 11.0 Å². The minimum Gasteiger partial charge on any atom is -0.472 e. The first-order valence-corrected chi connectivity index (χ1v) is 5.97. The summed E-state index contributed by atoms with van der Waals surface area (Å²) in [5.74, 6) is -0.496. The van der Waals surface area contributed by atoms with Crippen LogP contribution in [-0.4, -0.2) is 53.4 Å². The second-order valence-corrected chi connectivity index (χ2v) is 4.52. The highest BCUT2D eigenvalue weighted by atomic mass is 16.6. The molecule has 3 heterocycles.